The lowest BCUT2D eigenvalue weighted by molar-refractivity contribution is -0.139. The molecule has 0 aliphatic carbocycles. The summed E-state index contributed by atoms with van der Waals surface area (Å²) in [7, 11) is 0. The SMILES string of the molecule is Cc1ccnc(N2CCCC[C@H]2C(=O)O)c1. The van der Waals surface area contributed by atoms with Crippen LogP contribution < -0.4 is 4.90 Å². The largest absolute Gasteiger partial charge is 0.480 e. The summed E-state index contributed by atoms with van der Waals surface area (Å²) >= 11 is 0. The van der Waals surface area contributed by atoms with Gasteiger partial charge in [-0.3, -0.25) is 0 Å². The molecule has 0 unspecified atom stereocenters. The predicted molar refractivity (Wildman–Crippen MR) is 61.6 cm³/mol. The van der Waals surface area contributed by atoms with Crippen LogP contribution in [-0.4, -0.2) is 28.6 Å². The minimum atomic E-state index is -0.747. The Kier molecular flexibility index (Phi) is 3.08. The van der Waals surface area contributed by atoms with Crippen LogP contribution in [0.4, 0.5) is 5.82 Å². The van der Waals surface area contributed by atoms with Crippen LogP contribution in [0.1, 0.15) is 24.8 Å². The fourth-order valence-electron chi connectivity index (χ4n) is 2.14. The van der Waals surface area contributed by atoms with Crippen molar-refractivity contribution in [3.63, 3.8) is 0 Å². The van der Waals surface area contributed by atoms with Crippen LogP contribution in [-0.2, 0) is 4.79 Å². The molecule has 0 saturated carbocycles. The third-order valence-electron chi connectivity index (χ3n) is 2.98. The van der Waals surface area contributed by atoms with Crippen molar-refractivity contribution >= 4 is 11.8 Å². The smallest absolute Gasteiger partial charge is 0.326 e. The molecule has 16 heavy (non-hydrogen) atoms. The maximum Gasteiger partial charge on any atom is 0.326 e. The number of rotatable bonds is 2. The molecule has 0 aromatic carbocycles. The van der Waals surface area contributed by atoms with Gasteiger partial charge in [-0.1, -0.05) is 0 Å². The van der Waals surface area contributed by atoms with Crippen LogP contribution in [0.15, 0.2) is 18.3 Å². The highest BCUT2D eigenvalue weighted by Crippen LogP contribution is 2.23. The monoisotopic (exact) mass is 220 g/mol. The number of pyridine rings is 1. The molecule has 2 heterocycles. The minimum absolute atomic E-state index is 0.414. The van der Waals surface area contributed by atoms with Gasteiger partial charge in [-0.05, 0) is 43.9 Å². The number of aliphatic carboxylic acids is 1. The molecule has 0 bridgehead atoms. The van der Waals surface area contributed by atoms with Crippen molar-refractivity contribution in [2.24, 2.45) is 0 Å². The molecular weight excluding hydrogens is 204 g/mol. The summed E-state index contributed by atoms with van der Waals surface area (Å²) in [5, 5.41) is 9.17. The Morgan fingerprint density at radius 3 is 3.06 bits per heavy atom. The molecule has 0 spiro atoms. The van der Waals surface area contributed by atoms with Crippen LogP contribution in [0, 0.1) is 6.92 Å². The molecule has 1 aliphatic rings. The van der Waals surface area contributed by atoms with Gasteiger partial charge in [0, 0.05) is 12.7 Å². The predicted octanol–water partition coefficient (Wildman–Crippen LogP) is 1.83. The molecule has 1 N–H and O–H groups in total. The van der Waals surface area contributed by atoms with Gasteiger partial charge in [0.25, 0.3) is 0 Å². The maximum absolute atomic E-state index is 11.2. The zero-order valence-corrected chi connectivity index (χ0v) is 9.39. The minimum Gasteiger partial charge on any atom is -0.480 e. The molecule has 1 saturated heterocycles. The van der Waals surface area contributed by atoms with E-state index in [2.05, 4.69) is 4.98 Å². The van der Waals surface area contributed by atoms with E-state index < -0.39 is 12.0 Å². The molecule has 0 amide bonds. The lowest BCUT2D eigenvalue weighted by atomic mass is 10.0. The van der Waals surface area contributed by atoms with E-state index in [1.165, 1.54) is 0 Å². The van der Waals surface area contributed by atoms with Gasteiger partial charge in [0.2, 0.25) is 0 Å². The van der Waals surface area contributed by atoms with Crippen LogP contribution in [0.2, 0.25) is 0 Å². The Labute approximate surface area is 94.9 Å². The first kappa shape index (κ1) is 10.9. The molecule has 2 rings (SSSR count). The number of carboxylic acids is 1. The first-order valence-corrected chi connectivity index (χ1v) is 5.60. The van der Waals surface area contributed by atoms with Crippen LogP contribution in [0.5, 0.6) is 0 Å². The zero-order valence-electron chi connectivity index (χ0n) is 9.39. The molecule has 0 radical (unpaired) electrons. The summed E-state index contributed by atoms with van der Waals surface area (Å²) in [5.74, 6) is 0.0371. The summed E-state index contributed by atoms with van der Waals surface area (Å²) in [6.07, 6.45) is 4.47. The summed E-state index contributed by atoms with van der Waals surface area (Å²) in [4.78, 5) is 17.3. The van der Waals surface area contributed by atoms with E-state index in [4.69, 9.17) is 5.11 Å². The zero-order chi connectivity index (χ0) is 11.5. The number of nitrogens with zero attached hydrogens (tertiary/aromatic N) is 2. The lowest BCUT2D eigenvalue weighted by Gasteiger charge is -2.33. The van der Waals surface area contributed by atoms with Gasteiger partial charge in [0.15, 0.2) is 0 Å². The van der Waals surface area contributed by atoms with Crippen molar-refractivity contribution in [2.45, 2.75) is 32.2 Å². The average Bonchev–Trinajstić information content (AvgIpc) is 2.29. The number of carbonyl (C=O) groups is 1. The Morgan fingerprint density at radius 2 is 2.38 bits per heavy atom. The fourth-order valence-corrected chi connectivity index (χ4v) is 2.14. The quantitative estimate of drug-likeness (QED) is 0.826. The Bertz CT molecular complexity index is 392. The molecule has 1 aromatic heterocycles. The van der Waals surface area contributed by atoms with E-state index in [-0.39, 0.29) is 0 Å². The van der Waals surface area contributed by atoms with Crippen molar-refractivity contribution in [2.75, 3.05) is 11.4 Å². The molecule has 1 aliphatic heterocycles. The molecule has 1 aromatic rings. The van der Waals surface area contributed by atoms with E-state index in [9.17, 15) is 4.79 Å². The van der Waals surface area contributed by atoms with E-state index in [0.29, 0.717) is 6.42 Å². The second-order valence-corrected chi connectivity index (χ2v) is 4.23. The summed E-state index contributed by atoms with van der Waals surface area (Å²) in [6.45, 7) is 2.78. The van der Waals surface area contributed by atoms with Crippen molar-refractivity contribution in [3.8, 4) is 0 Å². The van der Waals surface area contributed by atoms with Gasteiger partial charge in [0.1, 0.15) is 11.9 Å². The van der Waals surface area contributed by atoms with Gasteiger partial charge in [-0.25, -0.2) is 9.78 Å². The Balaban J connectivity index is 2.26. The highest BCUT2D eigenvalue weighted by atomic mass is 16.4. The van der Waals surface area contributed by atoms with Gasteiger partial charge < -0.3 is 10.0 Å². The molecular formula is C12H16N2O2. The maximum atomic E-state index is 11.2. The number of aryl methyl sites for hydroxylation is 1. The molecule has 86 valence electrons. The number of carboxylic acid groups (broad SMARTS) is 1. The Morgan fingerprint density at radius 1 is 1.56 bits per heavy atom. The molecule has 1 fully saturated rings. The number of aromatic nitrogens is 1. The van der Waals surface area contributed by atoms with Gasteiger partial charge in [0.05, 0.1) is 0 Å². The Hall–Kier alpha value is -1.58. The van der Waals surface area contributed by atoms with Crippen molar-refractivity contribution in [1.82, 2.24) is 4.98 Å². The normalized spacial score (nSPS) is 20.8. The topological polar surface area (TPSA) is 53.4 Å². The second kappa shape index (κ2) is 4.51. The van der Waals surface area contributed by atoms with E-state index in [1.807, 2.05) is 24.0 Å². The van der Waals surface area contributed by atoms with E-state index >= 15 is 0 Å². The molecule has 1 atom stereocenters. The van der Waals surface area contributed by atoms with Crippen molar-refractivity contribution in [3.05, 3.63) is 23.9 Å². The highest BCUT2D eigenvalue weighted by Gasteiger charge is 2.29. The number of hydrogen-bond acceptors (Lipinski definition) is 3. The lowest BCUT2D eigenvalue weighted by Crippen LogP contribution is -2.45. The first-order valence-electron chi connectivity index (χ1n) is 5.60. The summed E-state index contributed by atoms with van der Waals surface area (Å²) in [6, 6.07) is 3.45. The van der Waals surface area contributed by atoms with Crippen LogP contribution in [0.25, 0.3) is 0 Å². The summed E-state index contributed by atoms with van der Waals surface area (Å²) < 4.78 is 0. The van der Waals surface area contributed by atoms with Crippen LogP contribution >= 0.6 is 0 Å². The molecule has 4 nitrogen and oxygen atoms in total. The summed E-state index contributed by atoms with van der Waals surface area (Å²) in [5.41, 5.74) is 1.11. The standard InChI is InChI=1S/C12H16N2O2/c1-9-5-6-13-11(8-9)14-7-3-2-4-10(14)12(15)16/h5-6,8,10H,2-4,7H2,1H3,(H,15,16)/t10-/m0/s1. The van der Waals surface area contributed by atoms with E-state index in [0.717, 1.165) is 30.8 Å². The van der Waals surface area contributed by atoms with Gasteiger partial charge >= 0.3 is 5.97 Å². The fraction of sp³-hybridized carbons (Fsp3) is 0.500. The van der Waals surface area contributed by atoms with E-state index in [1.54, 1.807) is 6.20 Å². The van der Waals surface area contributed by atoms with Crippen LogP contribution in [0.3, 0.4) is 0 Å². The second-order valence-electron chi connectivity index (χ2n) is 4.23. The highest BCUT2D eigenvalue weighted by molar-refractivity contribution is 5.78. The number of anilines is 1. The van der Waals surface area contributed by atoms with Gasteiger partial charge in [-0.2, -0.15) is 0 Å². The average molecular weight is 220 g/mol. The van der Waals surface area contributed by atoms with Gasteiger partial charge in [-0.15, -0.1) is 0 Å². The first-order chi connectivity index (χ1) is 7.68. The number of piperidine rings is 1. The van der Waals surface area contributed by atoms with Crippen molar-refractivity contribution < 1.29 is 9.90 Å². The molecule has 4 heteroatoms. The third-order valence-corrected chi connectivity index (χ3v) is 2.98. The third kappa shape index (κ3) is 2.15. The number of hydrogen-bond donors (Lipinski definition) is 1. The van der Waals surface area contributed by atoms with Crippen molar-refractivity contribution in [1.29, 1.82) is 0 Å².